The summed E-state index contributed by atoms with van der Waals surface area (Å²) in [5, 5.41) is 0. The van der Waals surface area contributed by atoms with Crippen LogP contribution in [0.3, 0.4) is 0 Å². The van der Waals surface area contributed by atoms with Crippen LogP contribution in [0, 0.1) is 0 Å². The molecule has 5 heteroatoms. The van der Waals surface area contributed by atoms with Crippen LogP contribution < -0.4 is 10.5 Å². The van der Waals surface area contributed by atoms with Gasteiger partial charge in [0.1, 0.15) is 12.4 Å². The number of nitrogens with two attached hydrogens (primary N) is 1. The zero-order valence-electron chi connectivity index (χ0n) is 11.5. The fraction of sp³-hybridized carbons (Fsp3) is 0.500. The Hall–Kier alpha value is -1.26. The molecule has 1 atom stereocenters. The maximum absolute atomic E-state index is 11.7. The van der Waals surface area contributed by atoms with Crippen molar-refractivity contribution >= 4 is 18.3 Å². The summed E-state index contributed by atoms with van der Waals surface area (Å²) < 4.78 is 5.53. The lowest BCUT2D eigenvalue weighted by Gasteiger charge is -2.18. The number of hydrogen-bond donors (Lipinski definition) is 1. The number of likely N-dealkylation sites (N-methyl/N-ethyl adjacent to an activating group) is 1. The summed E-state index contributed by atoms with van der Waals surface area (Å²) in [4.78, 5) is 13.4. The van der Waals surface area contributed by atoms with Crippen molar-refractivity contribution in [3.8, 4) is 5.75 Å². The molecule has 0 aromatic heterocycles. The van der Waals surface area contributed by atoms with Crippen LogP contribution in [0.15, 0.2) is 30.3 Å². The molecule has 0 aliphatic rings. The molecule has 0 heterocycles. The van der Waals surface area contributed by atoms with Crippen molar-refractivity contribution in [2.45, 2.75) is 25.8 Å². The molecule has 1 aromatic carbocycles. The highest BCUT2D eigenvalue weighted by Crippen LogP contribution is 2.08. The van der Waals surface area contributed by atoms with Gasteiger partial charge in [-0.15, -0.1) is 12.4 Å². The van der Waals surface area contributed by atoms with Gasteiger partial charge in [-0.25, -0.2) is 0 Å². The van der Waals surface area contributed by atoms with Crippen molar-refractivity contribution in [3.63, 3.8) is 0 Å². The summed E-state index contributed by atoms with van der Waals surface area (Å²) in [7, 11) is 1.79. The molecule has 1 rings (SSSR count). The third-order valence-electron chi connectivity index (χ3n) is 2.68. The van der Waals surface area contributed by atoms with E-state index in [0.717, 1.165) is 12.2 Å². The van der Waals surface area contributed by atoms with Crippen molar-refractivity contribution in [1.29, 1.82) is 0 Å². The van der Waals surface area contributed by atoms with E-state index in [2.05, 4.69) is 0 Å². The number of halogens is 1. The smallest absolute Gasteiger partial charge is 0.222 e. The second-order valence-electron chi connectivity index (χ2n) is 4.49. The van der Waals surface area contributed by atoms with Gasteiger partial charge < -0.3 is 15.4 Å². The first-order valence-corrected chi connectivity index (χ1v) is 6.27. The first kappa shape index (κ1) is 17.7. The maximum atomic E-state index is 11.7. The Bertz CT molecular complexity index is 358. The van der Waals surface area contributed by atoms with Gasteiger partial charge in [-0.3, -0.25) is 4.79 Å². The van der Waals surface area contributed by atoms with Gasteiger partial charge >= 0.3 is 0 Å². The molecule has 1 amide bonds. The largest absolute Gasteiger partial charge is 0.492 e. The van der Waals surface area contributed by atoms with E-state index in [-0.39, 0.29) is 24.4 Å². The van der Waals surface area contributed by atoms with Crippen LogP contribution in [-0.2, 0) is 4.79 Å². The summed E-state index contributed by atoms with van der Waals surface area (Å²) >= 11 is 0. The van der Waals surface area contributed by atoms with E-state index < -0.39 is 0 Å². The highest BCUT2D eigenvalue weighted by Gasteiger charge is 2.09. The normalized spacial score (nSPS) is 11.3. The zero-order valence-corrected chi connectivity index (χ0v) is 12.4. The molecule has 0 fully saturated rings. The number of rotatable bonds is 7. The van der Waals surface area contributed by atoms with Gasteiger partial charge in [-0.2, -0.15) is 0 Å². The lowest BCUT2D eigenvalue weighted by Crippen LogP contribution is -2.31. The molecular formula is C14H23ClN2O2. The number of ether oxygens (including phenoxy) is 1. The summed E-state index contributed by atoms with van der Waals surface area (Å²) in [5.74, 6) is 0.942. The van der Waals surface area contributed by atoms with Gasteiger partial charge in [0.25, 0.3) is 0 Å². The van der Waals surface area contributed by atoms with E-state index in [9.17, 15) is 4.79 Å². The molecule has 4 nitrogen and oxygen atoms in total. The number of nitrogens with zero attached hydrogens (tertiary/aromatic N) is 1. The minimum atomic E-state index is 0. The van der Waals surface area contributed by atoms with Crippen LogP contribution >= 0.6 is 12.4 Å². The fourth-order valence-electron chi connectivity index (χ4n) is 1.48. The van der Waals surface area contributed by atoms with Gasteiger partial charge in [-0.1, -0.05) is 18.2 Å². The summed E-state index contributed by atoms with van der Waals surface area (Å²) in [6.07, 6.45) is 1.22. The van der Waals surface area contributed by atoms with Crippen molar-refractivity contribution in [2.24, 2.45) is 5.73 Å². The first-order chi connectivity index (χ1) is 8.59. The third-order valence-corrected chi connectivity index (χ3v) is 2.68. The molecule has 0 saturated carbocycles. The van der Waals surface area contributed by atoms with E-state index in [1.807, 2.05) is 37.3 Å². The first-order valence-electron chi connectivity index (χ1n) is 6.27. The van der Waals surface area contributed by atoms with Crippen molar-refractivity contribution < 1.29 is 9.53 Å². The minimum Gasteiger partial charge on any atom is -0.492 e. The average molecular weight is 287 g/mol. The van der Waals surface area contributed by atoms with Crippen molar-refractivity contribution in [3.05, 3.63) is 30.3 Å². The topological polar surface area (TPSA) is 55.6 Å². The van der Waals surface area contributed by atoms with Gasteiger partial charge in [-0.05, 0) is 25.5 Å². The number of amides is 1. The molecule has 2 N–H and O–H groups in total. The predicted molar refractivity (Wildman–Crippen MR) is 79.7 cm³/mol. The highest BCUT2D eigenvalue weighted by molar-refractivity contribution is 5.85. The van der Waals surface area contributed by atoms with Crippen molar-refractivity contribution in [1.82, 2.24) is 4.90 Å². The van der Waals surface area contributed by atoms with Crippen LogP contribution in [0.1, 0.15) is 19.8 Å². The number of para-hydroxylation sites is 1. The van der Waals surface area contributed by atoms with Gasteiger partial charge in [0, 0.05) is 19.5 Å². The Kier molecular flexibility index (Phi) is 9.00. The van der Waals surface area contributed by atoms with E-state index >= 15 is 0 Å². The van der Waals surface area contributed by atoms with Crippen LogP contribution in [0.25, 0.3) is 0 Å². The van der Waals surface area contributed by atoms with Gasteiger partial charge in [0.15, 0.2) is 0 Å². The molecule has 1 aromatic rings. The van der Waals surface area contributed by atoms with E-state index in [0.29, 0.717) is 19.6 Å². The number of carbonyl (C=O) groups excluding carboxylic acids is 1. The molecule has 0 aliphatic carbocycles. The lowest BCUT2D eigenvalue weighted by molar-refractivity contribution is -0.130. The lowest BCUT2D eigenvalue weighted by atomic mass is 10.2. The SMILES string of the molecule is CC(N)CCC(=O)N(C)CCOc1ccccc1.Cl. The fourth-order valence-corrected chi connectivity index (χ4v) is 1.48. The maximum Gasteiger partial charge on any atom is 0.222 e. The number of benzene rings is 1. The molecular weight excluding hydrogens is 264 g/mol. The molecule has 108 valence electrons. The minimum absolute atomic E-state index is 0. The Morgan fingerprint density at radius 3 is 2.58 bits per heavy atom. The molecule has 0 bridgehead atoms. The van der Waals surface area contributed by atoms with E-state index in [4.69, 9.17) is 10.5 Å². The summed E-state index contributed by atoms with van der Waals surface area (Å²) in [5.41, 5.74) is 5.62. The second-order valence-corrected chi connectivity index (χ2v) is 4.49. The molecule has 0 aliphatic heterocycles. The zero-order chi connectivity index (χ0) is 13.4. The predicted octanol–water partition coefficient (Wildman–Crippen LogP) is 2.07. The van der Waals surface area contributed by atoms with E-state index in [1.165, 1.54) is 0 Å². The third kappa shape index (κ3) is 7.70. The highest BCUT2D eigenvalue weighted by atomic mass is 35.5. The summed E-state index contributed by atoms with van der Waals surface area (Å²) in [6.45, 7) is 3.00. The number of hydrogen-bond acceptors (Lipinski definition) is 3. The van der Waals surface area contributed by atoms with Crippen molar-refractivity contribution in [2.75, 3.05) is 20.2 Å². The molecule has 19 heavy (non-hydrogen) atoms. The van der Waals surface area contributed by atoms with Crippen LogP contribution in [0.5, 0.6) is 5.75 Å². The quantitative estimate of drug-likeness (QED) is 0.835. The Morgan fingerprint density at radius 1 is 1.37 bits per heavy atom. The van der Waals surface area contributed by atoms with Crippen LogP contribution in [0.2, 0.25) is 0 Å². The monoisotopic (exact) mass is 286 g/mol. The standard InChI is InChI=1S/C14H22N2O2.ClH/c1-12(15)8-9-14(17)16(2)10-11-18-13-6-4-3-5-7-13;/h3-7,12H,8-11,15H2,1-2H3;1H. The van der Waals surface area contributed by atoms with Crippen LogP contribution in [-0.4, -0.2) is 37.0 Å². The van der Waals surface area contributed by atoms with Gasteiger partial charge in [0.05, 0.1) is 6.54 Å². The molecule has 0 spiro atoms. The Labute approximate surface area is 121 Å². The number of carbonyl (C=O) groups is 1. The van der Waals surface area contributed by atoms with E-state index in [1.54, 1.807) is 11.9 Å². The Morgan fingerprint density at radius 2 is 2.00 bits per heavy atom. The molecule has 1 unspecified atom stereocenters. The Balaban J connectivity index is 0.00000324. The molecule has 0 saturated heterocycles. The summed E-state index contributed by atoms with van der Waals surface area (Å²) in [6, 6.07) is 9.66. The average Bonchev–Trinajstić information content (AvgIpc) is 2.37. The van der Waals surface area contributed by atoms with Gasteiger partial charge in [0.2, 0.25) is 5.91 Å². The second kappa shape index (κ2) is 9.64. The van der Waals surface area contributed by atoms with Crippen LogP contribution in [0.4, 0.5) is 0 Å². The molecule has 0 radical (unpaired) electrons.